The summed E-state index contributed by atoms with van der Waals surface area (Å²) in [6.45, 7) is 6.43. The molecule has 1 aromatic carbocycles. The number of hydrogen-bond donors (Lipinski definition) is 1. The van der Waals surface area contributed by atoms with E-state index in [-0.39, 0.29) is 6.04 Å². The van der Waals surface area contributed by atoms with Crippen molar-refractivity contribution < 1.29 is 0 Å². The number of aromatic nitrogens is 4. The maximum atomic E-state index is 6.21. The Hall–Kier alpha value is -1.62. The summed E-state index contributed by atoms with van der Waals surface area (Å²) in [7, 11) is 0. The van der Waals surface area contributed by atoms with Crippen LogP contribution in [0.15, 0.2) is 18.2 Å². The molecular formula is C13H18ClN5. The number of tetrazole rings is 1. The van der Waals surface area contributed by atoms with Gasteiger partial charge in [-0.05, 0) is 41.5 Å². The summed E-state index contributed by atoms with van der Waals surface area (Å²) in [5, 5.41) is 12.5. The molecule has 0 aliphatic heterocycles. The molecule has 2 aromatic rings. The zero-order valence-corrected chi connectivity index (χ0v) is 12.1. The summed E-state index contributed by atoms with van der Waals surface area (Å²) in [6, 6.07) is 5.53. The summed E-state index contributed by atoms with van der Waals surface area (Å²) in [6.07, 6.45) is 1.06. The van der Waals surface area contributed by atoms with Crippen molar-refractivity contribution in [3.05, 3.63) is 23.2 Å². The van der Waals surface area contributed by atoms with Gasteiger partial charge in [0.05, 0.1) is 11.1 Å². The van der Waals surface area contributed by atoms with Crippen LogP contribution in [0.5, 0.6) is 0 Å². The lowest BCUT2D eigenvalue weighted by molar-refractivity contribution is 0.340. The van der Waals surface area contributed by atoms with Crippen LogP contribution in [0.3, 0.4) is 0 Å². The van der Waals surface area contributed by atoms with E-state index in [9.17, 15) is 0 Å². The van der Waals surface area contributed by atoms with Gasteiger partial charge in [-0.2, -0.15) is 0 Å². The quantitative estimate of drug-likeness (QED) is 0.873. The van der Waals surface area contributed by atoms with Gasteiger partial charge in [-0.25, -0.2) is 4.68 Å². The van der Waals surface area contributed by atoms with Crippen LogP contribution < -0.4 is 5.73 Å². The van der Waals surface area contributed by atoms with E-state index in [1.807, 2.05) is 4.68 Å². The summed E-state index contributed by atoms with van der Waals surface area (Å²) in [4.78, 5) is 0. The average molecular weight is 280 g/mol. The highest BCUT2D eigenvalue weighted by Gasteiger charge is 2.20. The Bertz CT molecular complexity index is 566. The van der Waals surface area contributed by atoms with Crippen molar-refractivity contribution in [2.75, 3.05) is 5.73 Å². The Morgan fingerprint density at radius 2 is 2.11 bits per heavy atom. The molecule has 1 aromatic heterocycles. The number of hydrogen-bond acceptors (Lipinski definition) is 4. The minimum atomic E-state index is 0.201. The highest BCUT2D eigenvalue weighted by Crippen LogP contribution is 2.31. The van der Waals surface area contributed by atoms with E-state index in [0.717, 1.165) is 12.0 Å². The third-order valence-corrected chi connectivity index (χ3v) is 3.91. The Kier molecular flexibility index (Phi) is 4.04. The van der Waals surface area contributed by atoms with Crippen molar-refractivity contribution in [2.24, 2.45) is 5.92 Å². The molecule has 2 N–H and O–H groups in total. The SMILES string of the molecule is CCC(C)C(C)n1nnnc1-c1cc(N)ccc1Cl. The van der Waals surface area contributed by atoms with Gasteiger partial charge in [0.25, 0.3) is 0 Å². The van der Waals surface area contributed by atoms with E-state index in [4.69, 9.17) is 17.3 Å². The zero-order valence-electron chi connectivity index (χ0n) is 11.3. The molecule has 0 radical (unpaired) electrons. The van der Waals surface area contributed by atoms with Crippen molar-refractivity contribution in [1.29, 1.82) is 0 Å². The van der Waals surface area contributed by atoms with Gasteiger partial charge in [-0.1, -0.05) is 31.9 Å². The number of rotatable bonds is 4. The minimum absolute atomic E-state index is 0.201. The third kappa shape index (κ3) is 2.71. The number of benzene rings is 1. The van der Waals surface area contributed by atoms with E-state index in [0.29, 0.717) is 22.5 Å². The summed E-state index contributed by atoms with van der Waals surface area (Å²) >= 11 is 6.21. The number of nitrogens with zero attached hydrogens (tertiary/aromatic N) is 4. The van der Waals surface area contributed by atoms with Crippen molar-refractivity contribution >= 4 is 17.3 Å². The van der Waals surface area contributed by atoms with Crippen LogP contribution in [0.2, 0.25) is 5.02 Å². The van der Waals surface area contributed by atoms with Gasteiger partial charge in [0.15, 0.2) is 5.82 Å². The number of nitrogen functional groups attached to an aromatic ring is 1. The standard InChI is InChI=1S/C13H18ClN5/c1-4-8(2)9(3)19-13(16-17-18-19)11-7-10(15)5-6-12(11)14/h5-9H,4,15H2,1-3H3. The summed E-state index contributed by atoms with van der Waals surface area (Å²) < 4.78 is 1.81. The molecule has 0 fully saturated rings. The van der Waals surface area contributed by atoms with Crippen LogP contribution in [0.1, 0.15) is 33.2 Å². The van der Waals surface area contributed by atoms with Crippen molar-refractivity contribution in [3.8, 4) is 11.4 Å². The van der Waals surface area contributed by atoms with Crippen molar-refractivity contribution in [2.45, 2.75) is 33.2 Å². The van der Waals surface area contributed by atoms with E-state index in [1.54, 1.807) is 18.2 Å². The van der Waals surface area contributed by atoms with Crippen LogP contribution in [-0.2, 0) is 0 Å². The Balaban J connectivity index is 2.47. The topological polar surface area (TPSA) is 69.6 Å². The highest BCUT2D eigenvalue weighted by atomic mass is 35.5. The molecule has 19 heavy (non-hydrogen) atoms. The number of nitrogens with two attached hydrogens (primary N) is 1. The van der Waals surface area contributed by atoms with E-state index < -0.39 is 0 Å². The van der Waals surface area contributed by atoms with Crippen molar-refractivity contribution in [3.63, 3.8) is 0 Å². The lowest BCUT2D eigenvalue weighted by Crippen LogP contribution is -2.16. The first kappa shape index (κ1) is 13.8. The molecule has 0 aliphatic rings. The van der Waals surface area contributed by atoms with Gasteiger partial charge >= 0.3 is 0 Å². The van der Waals surface area contributed by atoms with Gasteiger partial charge in [-0.15, -0.1) is 5.10 Å². The molecule has 0 spiro atoms. The first-order valence-electron chi connectivity index (χ1n) is 6.37. The first-order valence-corrected chi connectivity index (χ1v) is 6.75. The number of anilines is 1. The Labute approximate surface area is 117 Å². The second-order valence-corrected chi connectivity index (χ2v) is 5.22. The molecular weight excluding hydrogens is 262 g/mol. The van der Waals surface area contributed by atoms with Crippen molar-refractivity contribution in [1.82, 2.24) is 20.2 Å². The molecule has 6 heteroatoms. The fourth-order valence-electron chi connectivity index (χ4n) is 1.94. The third-order valence-electron chi connectivity index (χ3n) is 3.58. The van der Waals surface area contributed by atoms with E-state index in [1.165, 1.54) is 0 Å². The fraction of sp³-hybridized carbons (Fsp3) is 0.462. The van der Waals surface area contributed by atoms with Crippen LogP contribution in [-0.4, -0.2) is 20.2 Å². The van der Waals surface area contributed by atoms with Crippen LogP contribution in [0, 0.1) is 5.92 Å². The number of halogens is 1. The van der Waals surface area contributed by atoms with Gasteiger partial charge in [0, 0.05) is 11.3 Å². The molecule has 0 bridgehead atoms. The van der Waals surface area contributed by atoms with E-state index >= 15 is 0 Å². The molecule has 1 heterocycles. The molecule has 0 amide bonds. The predicted molar refractivity (Wildman–Crippen MR) is 76.8 cm³/mol. The monoisotopic (exact) mass is 279 g/mol. The molecule has 0 saturated heterocycles. The normalized spacial score (nSPS) is 14.3. The maximum absolute atomic E-state index is 6.21. The molecule has 102 valence electrons. The molecule has 0 aliphatic carbocycles. The lowest BCUT2D eigenvalue weighted by atomic mass is 10.0. The molecule has 2 atom stereocenters. The zero-order chi connectivity index (χ0) is 14.0. The second kappa shape index (κ2) is 5.57. The minimum Gasteiger partial charge on any atom is -0.399 e. The fourth-order valence-corrected chi connectivity index (χ4v) is 2.14. The lowest BCUT2D eigenvalue weighted by Gasteiger charge is -2.19. The van der Waals surface area contributed by atoms with Crippen LogP contribution >= 0.6 is 11.6 Å². The molecule has 2 rings (SSSR count). The molecule has 5 nitrogen and oxygen atoms in total. The summed E-state index contributed by atoms with van der Waals surface area (Å²) in [5.41, 5.74) is 7.22. The Morgan fingerprint density at radius 3 is 2.79 bits per heavy atom. The molecule has 0 saturated carbocycles. The molecule has 2 unspecified atom stereocenters. The smallest absolute Gasteiger partial charge is 0.183 e. The largest absolute Gasteiger partial charge is 0.399 e. The highest BCUT2D eigenvalue weighted by molar-refractivity contribution is 6.33. The van der Waals surface area contributed by atoms with Gasteiger partial charge in [-0.3, -0.25) is 0 Å². The van der Waals surface area contributed by atoms with Crippen LogP contribution in [0.25, 0.3) is 11.4 Å². The first-order chi connectivity index (χ1) is 9.04. The maximum Gasteiger partial charge on any atom is 0.183 e. The summed E-state index contributed by atoms with van der Waals surface area (Å²) in [5.74, 6) is 1.13. The van der Waals surface area contributed by atoms with E-state index in [2.05, 4.69) is 36.3 Å². The van der Waals surface area contributed by atoms with Gasteiger partial charge < -0.3 is 5.73 Å². The Morgan fingerprint density at radius 1 is 1.37 bits per heavy atom. The average Bonchev–Trinajstić information content (AvgIpc) is 2.88. The van der Waals surface area contributed by atoms with Gasteiger partial charge in [0.1, 0.15) is 0 Å². The second-order valence-electron chi connectivity index (χ2n) is 4.81. The van der Waals surface area contributed by atoms with Gasteiger partial charge in [0.2, 0.25) is 0 Å². The predicted octanol–water partition coefficient (Wildman–Crippen LogP) is 3.18. The van der Waals surface area contributed by atoms with Crippen LogP contribution in [0.4, 0.5) is 5.69 Å².